The summed E-state index contributed by atoms with van der Waals surface area (Å²) in [5, 5.41) is 4.68. The molecule has 218 valence electrons. The van der Waals surface area contributed by atoms with E-state index in [-0.39, 0.29) is 46.4 Å². The summed E-state index contributed by atoms with van der Waals surface area (Å²) in [6.07, 6.45) is 0. The average molecular weight is 541 g/mol. The van der Waals surface area contributed by atoms with Gasteiger partial charge >= 0.3 is 0 Å². The normalized spacial score (nSPS) is 19.3. The van der Waals surface area contributed by atoms with Crippen LogP contribution in [-0.4, -0.2) is 58.6 Å². The molecule has 0 radical (unpaired) electrons. The fourth-order valence-corrected chi connectivity index (χ4v) is 6.63. The molecule has 2 amide bonds. The summed E-state index contributed by atoms with van der Waals surface area (Å²) in [4.78, 5) is 34.5. The number of rotatable bonds is 4. The van der Waals surface area contributed by atoms with Crippen molar-refractivity contribution in [2.24, 2.45) is 7.05 Å². The Hall–Kier alpha value is -2.64. The fourth-order valence-electron chi connectivity index (χ4n) is 6.63. The minimum absolute atomic E-state index is 0.103. The molecule has 0 unspecified atom stereocenters. The Balaban J connectivity index is 0.000000218. The van der Waals surface area contributed by atoms with Gasteiger partial charge in [-0.1, -0.05) is 27.7 Å². The van der Waals surface area contributed by atoms with Crippen molar-refractivity contribution in [3.63, 3.8) is 0 Å². The van der Waals surface area contributed by atoms with Gasteiger partial charge in [0.25, 0.3) is 11.8 Å². The molecule has 8 heteroatoms. The predicted molar refractivity (Wildman–Crippen MR) is 157 cm³/mol. The van der Waals surface area contributed by atoms with Crippen LogP contribution in [0.2, 0.25) is 0 Å². The molecular weight excluding hydrogens is 488 g/mol. The van der Waals surface area contributed by atoms with Gasteiger partial charge in [-0.15, -0.1) is 0 Å². The number of fused-ring (bicyclic) bond motifs is 2. The highest BCUT2D eigenvalue weighted by atomic mass is 16.2. The molecule has 0 N–H and O–H groups in total. The van der Waals surface area contributed by atoms with Gasteiger partial charge in [0.1, 0.15) is 17.2 Å². The third-order valence-corrected chi connectivity index (χ3v) is 9.08. The molecule has 2 aromatic rings. The van der Waals surface area contributed by atoms with Crippen molar-refractivity contribution >= 4 is 11.8 Å². The van der Waals surface area contributed by atoms with Crippen LogP contribution < -0.4 is 0 Å². The smallest absolute Gasteiger partial charge is 0.273 e. The molecule has 0 spiro atoms. The molecule has 8 nitrogen and oxygen atoms in total. The van der Waals surface area contributed by atoms with Crippen molar-refractivity contribution in [3.05, 3.63) is 34.2 Å². The van der Waals surface area contributed by atoms with Crippen molar-refractivity contribution in [1.29, 1.82) is 0 Å². The third kappa shape index (κ3) is 4.42. The van der Waals surface area contributed by atoms with Crippen molar-refractivity contribution in [2.45, 2.75) is 144 Å². The first kappa shape index (κ1) is 30.9. The van der Waals surface area contributed by atoms with Gasteiger partial charge in [-0.25, -0.2) is 4.98 Å². The van der Waals surface area contributed by atoms with Gasteiger partial charge in [-0.3, -0.25) is 14.3 Å². The molecule has 0 saturated carbocycles. The highest BCUT2D eigenvalue weighted by Gasteiger charge is 2.54. The van der Waals surface area contributed by atoms with E-state index in [0.717, 1.165) is 34.2 Å². The maximum atomic E-state index is 13.1. The van der Waals surface area contributed by atoms with Gasteiger partial charge in [0, 0.05) is 47.7 Å². The summed E-state index contributed by atoms with van der Waals surface area (Å²) in [6, 6.07) is 0.637. The highest BCUT2D eigenvalue weighted by molar-refractivity contribution is 6.00. The Labute approximate surface area is 236 Å². The van der Waals surface area contributed by atoms with E-state index in [2.05, 4.69) is 102 Å². The molecule has 2 aliphatic heterocycles. The second kappa shape index (κ2) is 9.77. The summed E-state index contributed by atoms with van der Waals surface area (Å²) in [7, 11) is 1.96. The Kier molecular flexibility index (Phi) is 7.74. The number of hydrogen-bond acceptors (Lipinski definition) is 4. The van der Waals surface area contributed by atoms with Gasteiger partial charge in [-0.05, 0) is 76.2 Å². The minimum Gasteiger partial charge on any atom is -0.329 e. The Bertz CT molecular complexity index is 1270. The summed E-state index contributed by atoms with van der Waals surface area (Å²) in [5.74, 6) is 1.52. The number of carbonyl (C=O) groups is 2. The fraction of sp³-hybridized carbons (Fsp3) is 0.742. The minimum atomic E-state index is -0.314. The summed E-state index contributed by atoms with van der Waals surface area (Å²) >= 11 is 0. The van der Waals surface area contributed by atoms with Crippen molar-refractivity contribution in [1.82, 2.24) is 29.1 Å². The summed E-state index contributed by atoms with van der Waals surface area (Å²) in [5.41, 5.74) is 3.65. The molecule has 4 rings (SSSR count). The first-order valence-corrected chi connectivity index (χ1v) is 14.5. The highest BCUT2D eigenvalue weighted by Crippen LogP contribution is 2.46. The van der Waals surface area contributed by atoms with Crippen LogP contribution in [0.3, 0.4) is 0 Å². The second-order valence-corrected chi connectivity index (χ2v) is 14.0. The van der Waals surface area contributed by atoms with Crippen molar-refractivity contribution in [3.8, 4) is 0 Å². The zero-order valence-electron chi connectivity index (χ0n) is 27.3. The van der Waals surface area contributed by atoms with Gasteiger partial charge in [0.05, 0.1) is 16.8 Å². The van der Waals surface area contributed by atoms with Crippen LogP contribution in [0.25, 0.3) is 0 Å². The van der Waals surface area contributed by atoms with Crippen LogP contribution in [0.15, 0.2) is 0 Å². The molecule has 39 heavy (non-hydrogen) atoms. The van der Waals surface area contributed by atoms with Gasteiger partial charge in [0.2, 0.25) is 0 Å². The monoisotopic (exact) mass is 540 g/mol. The molecule has 0 aliphatic carbocycles. The van der Waals surface area contributed by atoms with Gasteiger partial charge in [0.15, 0.2) is 0 Å². The lowest BCUT2D eigenvalue weighted by Crippen LogP contribution is -2.64. The zero-order chi connectivity index (χ0) is 30.2. The maximum absolute atomic E-state index is 13.1. The number of carbonyl (C=O) groups excluding carboxylic acids is 2. The van der Waals surface area contributed by atoms with Crippen molar-refractivity contribution in [2.75, 3.05) is 0 Å². The lowest BCUT2D eigenvalue weighted by Gasteiger charge is -2.53. The van der Waals surface area contributed by atoms with E-state index in [4.69, 9.17) is 4.98 Å². The van der Waals surface area contributed by atoms with E-state index in [0.29, 0.717) is 5.92 Å². The van der Waals surface area contributed by atoms with Crippen LogP contribution in [0.5, 0.6) is 0 Å². The largest absolute Gasteiger partial charge is 0.329 e. The van der Waals surface area contributed by atoms with Gasteiger partial charge in [-0.2, -0.15) is 5.10 Å². The molecular formula is C31H52N6O2. The number of aromatic nitrogens is 4. The molecule has 2 aromatic heterocycles. The van der Waals surface area contributed by atoms with Crippen LogP contribution in [0.4, 0.5) is 0 Å². The average Bonchev–Trinajstić information content (AvgIpc) is 3.36. The Morgan fingerprint density at radius 3 is 1.64 bits per heavy atom. The number of imidazole rings is 1. The molecule has 4 heterocycles. The molecule has 2 aliphatic rings. The molecule has 0 atom stereocenters. The molecule has 0 aromatic carbocycles. The van der Waals surface area contributed by atoms with E-state index in [1.165, 1.54) is 0 Å². The summed E-state index contributed by atoms with van der Waals surface area (Å²) < 4.78 is 3.96. The first-order valence-electron chi connectivity index (χ1n) is 14.5. The van der Waals surface area contributed by atoms with Crippen molar-refractivity contribution < 1.29 is 9.59 Å². The lowest BCUT2D eigenvalue weighted by atomic mass is 9.67. The topological polar surface area (TPSA) is 76.3 Å². The van der Waals surface area contributed by atoms with Crippen LogP contribution >= 0.6 is 0 Å². The lowest BCUT2D eigenvalue weighted by molar-refractivity contribution is 0.0119. The number of amides is 2. The van der Waals surface area contributed by atoms with Crippen LogP contribution in [-0.2, 0) is 18.0 Å². The van der Waals surface area contributed by atoms with E-state index in [1.807, 2.05) is 33.0 Å². The van der Waals surface area contributed by atoms with E-state index >= 15 is 0 Å². The maximum Gasteiger partial charge on any atom is 0.273 e. The van der Waals surface area contributed by atoms with Gasteiger partial charge < -0.3 is 14.4 Å². The Morgan fingerprint density at radius 2 is 1.23 bits per heavy atom. The van der Waals surface area contributed by atoms with Crippen LogP contribution in [0, 0.1) is 6.92 Å². The predicted octanol–water partition coefficient (Wildman–Crippen LogP) is 6.34. The summed E-state index contributed by atoms with van der Waals surface area (Å²) in [6.45, 7) is 31.5. The number of nitrogens with zero attached hydrogens (tertiary/aromatic N) is 6. The van der Waals surface area contributed by atoms with E-state index in [9.17, 15) is 9.59 Å². The first-order chi connectivity index (χ1) is 17.6. The molecule has 0 fully saturated rings. The molecule has 0 saturated heterocycles. The zero-order valence-corrected chi connectivity index (χ0v) is 27.3. The standard InChI is InChI=1S/C17H29N3O.C14H23N3O/c1-10(2)14-18-13-12(19(14)9)15(21)20(11(3)4)17(7,8)16(13,5)6;1-8(2)16-13(18)11-10(5)17(9(3)4)15-12(11)14(16,6)7/h10-11H,1-9H3;8-9H,1-7H3. The SMILES string of the molecule is CC(C)c1nc2c(n1C)C(=O)N(C(C)C)C(C)(C)C2(C)C.Cc1c2c(nn1C(C)C)C(C)(C)N(C(C)C)C2=O. The van der Waals surface area contributed by atoms with E-state index in [1.54, 1.807) is 0 Å². The quantitative estimate of drug-likeness (QED) is 0.454. The number of hydrogen-bond donors (Lipinski definition) is 0. The second-order valence-electron chi connectivity index (χ2n) is 14.0. The van der Waals surface area contributed by atoms with E-state index < -0.39 is 0 Å². The molecule has 0 bridgehead atoms. The Morgan fingerprint density at radius 1 is 0.718 bits per heavy atom. The van der Waals surface area contributed by atoms with Crippen LogP contribution in [0.1, 0.15) is 153 Å². The third-order valence-electron chi connectivity index (χ3n) is 9.08.